The lowest BCUT2D eigenvalue weighted by atomic mass is 10.1. The molecule has 1 aliphatic heterocycles. The third-order valence-electron chi connectivity index (χ3n) is 3.98. The third kappa shape index (κ3) is 4.54. The summed E-state index contributed by atoms with van der Waals surface area (Å²) >= 11 is 5.58. The van der Waals surface area contributed by atoms with E-state index >= 15 is 0 Å². The maximum atomic E-state index is 12.9. The Balaban J connectivity index is 1.67. The van der Waals surface area contributed by atoms with Crippen molar-refractivity contribution in [1.29, 1.82) is 0 Å². The van der Waals surface area contributed by atoms with E-state index in [4.69, 9.17) is 21.1 Å². The fourth-order valence-electron chi connectivity index (χ4n) is 2.56. The Kier molecular flexibility index (Phi) is 5.32. The van der Waals surface area contributed by atoms with Crippen LogP contribution >= 0.6 is 11.6 Å². The number of halogens is 4. The molecular weight excluding hydrogens is 383 g/mol. The number of hydrogen-bond donors (Lipinski definition) is 1. The first kappa shape index (κ1) is 19.1. The molecule has 1 N–H and O–H groups in total. The Morgan fingerprint density at radius 1 is 1.19 bits per heavy atom. The maximum absolute atomic E-state index is 12.9. The molecule has 2 aromatic carbocycles. The van der Waals surface area contributed by atoms with Crippen molar-refractivity contribution in [3.8, 4) is 11.5 Å². The first-order chi connectivity index (χ1) is 12.7. The molecule has 4 nitrogen and oxygen atoms in total. The van der Waals surface area contributed by atoms with Gasteiger partial charge in [0, 0.05) is 6.08 Å². The summed E-state index contributed by atoms with van der Waals surface area (Å²) in [5.74, 6) is 0.800. The molecule has 1 atom stereocenters. The number of carbonyl (C=O) groups is 1. The zero-order valence-electron chi connectivity index (χ0n) is 14.1. The van der Waals surface area contributed by atoms with Crippen LogP contribution in [0.2, 0.25) is 5.02 Å². The van der Waals surface area contributed by atoms with Crippen LogP contribution < -0.4 is 14.8 Å². The van der Waals surface area contributed by atoms with Gasteiger partial charge in [0.2, 0.25) is 12.7 Å². The second kappa shape index (κ2) is 7.52. The molecule has 142 valence electrons. The van der Waals surface area contributed by atoms with Gasteiger partial charge in [-0.3, -0.25) is 4.79 Å². The van der Waals surface area contributed by atoms with Crippen molar-refractivity contribution >= 4 is 23.6 Å². The number of ether oxygens (including phenoxy) is 2. The van der Waals surface area contributed by atoms with Crippen molar-refractivity contribution in [3.05, 3.63) is 64.2 Å². The van der Waals surface area contributed by atoms with Gasteiger partial charge in [0.1, 0.15) is 0 Å². The minimum atomic E-state index is -4.56. The molecule has 1 heterocycles. The summed E-state index contributed by atoms with van der Waals surface area (Å²) in [5, 5.41) is 2.36. The number of rotatable bonds is 4. The van der Waals surface area contributed by atoms with Gasteiger partial charge in [-0.25, -0.2) is 0 Å². The Bertz CT molecular complexity index is 896. The fraction of sp³-hybridized carbons (Fsp3) is 0.211. The van der Waals surface area contributed by atoms with E-state index in [-0.39, 0.29) is 23.4 Å². The summed E-state index contributed by atoms with van der Waals surface area (Å²) < 4.78 is 49.2. The smallest absolute Gasteiger partial charge is 0.417 e. The van der Waals surface area contributed by atoms with Gasteiger partial charge in [-0.15, -0.1) is 0 Å². The summed E-state index contributed by atoms with van der Waals surface area (Å²) in [6.07, 6.45) is -2.09. The monoisotopic (exact) mass is 397 g/mol. The minimum Gasteiger partial charge on any atom is -0.454 e. The number of carbonyl (C=O) groups excluding carboxylic acids is 1. The van der Waals surface area contributed by atoms with Crippen LogP contribution in [0.25, 0.3) is 6.08 Å². The average Bonchev–Trinajstić information content (AvgIpc) is 3.07. The highest BCUT2D eigenvalue weighted by Crippen LogP contribution is 2.35. The number of amides is 1. The van der Waals surface area contributed by atoms with Gasteiger partial charge < -0.3 is 14.8 Å². The van der Waals surface area contributed by atoms with Crippen LogP contribution in [0, 0.1) is 0 Å². The molecule has 1 unspecified atom stereocenters. The summed E-state index contributed by atoms with van der Waals surface area (Å²) in [4.78, 5) is 12.1. The predicted molar refractivity (Wildman–Crippen MR) is 94.6 cm³/mol. The molecule has 0 saturated heterocycles. The molecule has 27 heavy (non-hydrogen) atoms. The Labute approximate surface area is 158 Å². The summed E-state index contributed by atoms with van der Waals surface area (Å²) in [7, 11) is 0. The zero-order chi connectivity index (χ0) is 19.6. The largest absolute Gasteiger partial charge is 0.454 e. The van der Waals surface area contributed by atoms with Crippen molar-refractivity contribution in [1.82, 2.24) is 5.32 Å². The average molecular weight is 398 g/mol. The molecule has 0 aliphatic carbocycles. The summed E-state index contributed by atoms with van der Waals surface area (Å²) in [5.41, 5.74) is 0.0879. The van der Waals surface area contributed by atoms with Crippen molar-refractivity contribution in [3.63, 3.8) is 0 Å². The van der Waals surface area contributed by atoms with Gasteiger partial charge in [-0.2, -0.15) is 13.2 Å². The van der Waals surface area contributed by atoms with Gasteiger partial charge in [-0.05, 0) is 48.4 Å². The van der Waals surface area contributed by atoms with Crippen molar-refractivity contribution < 1.29 is 27.4 Å². The van der Waals surface area contributed by atoms with E-state index in [1.807, 2.05) is 0 Å². The van der Waals surface area contributed by atoms with Gasteiger partial charge in [0.25, 0.3) is 0 Å². The highest BCUT2D eigenvalue weighted by Gasteiger charge is 2.33. The number of hydrogen-bond acceptors (Lipinski definition) is 3. The molecular formula is C19H15ClF3NO3. The molecule has 2 aromatic rings. The molecule has 1 aliphatic rings. The quantitative estimate of drug-likeness (QED) is 0.740. The van der Waals surface area contributed by atoms with Gasteiger partial charge >= 0.3 is 6.18 Å². The standard InChI is InChI=1S/C19H15ClF3NO3/c1-11(13-4-6-16-17(9-13)27-10-26-16)24-18(25)7-3-12-2-5-15(20)14(8-12)19(21,22)23/h2-9,11H,10H2,1H3,(H,24,25)/b7-3+. The lowest BCUT2D eigenvalue weighted by molar-refractivity contribution is -0.137. The Morgan fingerprint density at radius 3 is 2.67 bits per heavy atom. The fourth-order valence-corrected chi connectivity index (χ4v) is 2.79. The SMILES string of the molecule is CC(NC(=O)/C=C/c1ccc(Cl)c(C(F)(F)F)c1)c1ccc2c(c1)OCO2. The summed E-state index contributed by atoms with van der Waals surface area (Å²) in [6.45, 7) is 1.94. The van der Waals surface area contributed by atoms with E-state index in [2.05, 4.69) is 5.32 Å². The van der Waals surface area contributed by atoms with Crippen molar-refractivity contribution in [2.75, 3.05) is 6.79 Å². The first-order valence-corrected chi connectivity index (χ1v) is 8.37. The highest BCUT2D eigenvalue weighted by molar-refractivity contribution is 6.31. The predicted octanol–water partition coefficient (Wildman–Crippen LogP) is 4.98. The van der Waals surface area contributed by atoms with Gasteiger partial charge in [-0.1, -0.05) is 23.7 Å². The molecule has 3 rings (SSSR count). The molecule has 1 amide bonds. The van der Waals surface area contributed by atoms with Crippen LogP contribution in [0.4, 0.5) is 13.2 Å². The van der Waals surface area contributed by atoms with Crippen LogP contribution in [0.1, 0.15) is 29.7 Å². The number of benzene rings is 2. The van der Waals surface area contributed by atoms with Crippen molar-refractivity contribution in [2.24, 2.45) is 0 Å². The van der Waals surface area contributed by atoms with E-state index in [9.17, 15) is 18.0 Å². The number of nitrogens with one attached hydrogen (secondary N) is 1. The second-order valence-electron chi connectivity index (χ2n) is 5.91. The molecule has 8 heteroatoms. The lowest BCUT2D eigenvalue weighted by Gasteiger charge is -2.13. The molecule has 0 bridgehead atoms. The molecule has 0 aromatic heterocycles. The molecule has 0 spiro atoms. The number of alkyl halides is 3. The zero-order valence-corrected chi connectivity index (χ0v) is 14.9. The van der Waals surface area contributed by atoms with E-state index in [0.29, 0.717) is 11.5 Å². The maximum Gasteiger partial charge on any atom is 0.417 e. The van der Waals surface area contributed by atoms with Gasteiger partial charge in [0.15, 0.2) is 11.5 Å². The van der Waals surface area contributed by atoms with Crippen LogP contribution in [0.3, 0.4) is 0 Å². The van der Waals surface area contributed by atoms with Crippen LogP contribution in [0.5, 0.6) is 11.5 Å². The normalized spacial score (nSPS) is 14.4. The van der Waals surface area contributed by atoms with Crippen LogP contribution in [0.15, 0.2) is 42.5 Å². The summed E-state index contributed by atoms with van der Waals surface area (Å²) in [6, 6.07) is 8.45. The van der Waals surface area contributed by atoms with E-state index in [1.54, 1.807) is 25.1 Å². The second-order valence-corrected chi connectivity index (χ2v) is 6.32. The molecule has 0 saturated carbocycles. The van der Waals surface area contributed by atoms with E-state index < -0.39 is 17.6 Å². The van der Waals surface area contributed by atoms with Crippen molar-refractivity contribution in [2.45, 2.75) is 19.1 Å². The highest BCUT2D eigenvalue weighted by atomic mass is 35.5. The van der Waals surface area contributed by atoms with E-state index in [0.717, 1.165) is 17.7 Å². The minimum absolute atomic E-state index is 0.156. The Hall–Kier alpha value is -2.67. The van der Waals surface area contributed by atoms with Crippen LogP contribution in [-0.2, 0) is 11.0 Å². The lowest BCUT2D eigenvalue weighted by Crippen LogP contribution is -2.24. The molecule has 0 fully saturated rings. The van der Waals surface area contributed by atoms with Gasteiger partial charge in [0.05, 0.1) is 16.6 Å². The molecule has 0 radical (unpaired) electrons. The Morgan fingerprint density at radius 2 is 1.93 bits per heavy atom. The topological polar surface area (TPSA) is 47.6 Å². The van der Waals surface area contributed by atoms with E-state index in [1.165, 1.54) is 18.2 Å². The third-order valence-corrected chi connectivity index (χ3v) is 4.31. The van der Waals surface area contributed by atoms with Crippen LogP contribution in [-0.4, -0.2) is 12.7 Å². The number of fused-ring (bicyclic) bond motifs is 1. The first-order valence-electron chi connectivity index (χ1n) is 7.99.